The normalized spacial score (nSPS) is 43.2. The van der Waals surface area contributed by atoms with E-state index in [0.29, 0.717) is 11.8 Å². The predicted octanol–water partition coefficient (Wildman–Crippen LogP) is 1.94. The van der Waals surface area contributed by atoms with Gasteiger partial charge in [-0.15, -0.1) is 0 Å². The van der Waals surface area contributed by atoms with E-state index < -0.39 is 11.7 Å². The maximum atomic E-state index is 9.77. The largest absolute Gasteiger partial charge is 0.390 e. The molecule has 0 spiro atoms. The molecule has 0 saturated heterocycles. The molecule has 4 unspecified atom stereocenters. The summed E-state index contributed by atoms with van der Waals surface area (Å²) in [5.41, 5.74) is -0.843. The van der Waals surface area contributed by atoms with Crippen molar-refractivity contribution in [1.82, 2.24) is 0 Å². The summed E-state index contributed by atoms with van der Waals surface area (Å²) in [6.07, 6.45) is 3.20. The average Bonchev–Trinajstić information content (AvgIpc) is 2.08. The van der Waals surface area contributed by atoms with Crippen molar-refractivity contribution >= 4 is 0 Å². The zero-order valence-electron chi connectivity index (χ0n) is 8.95. The van der Waals surface area contributed by atoms with Crippen molar-refractivity contribution in [2.45, 2.75) is 58.2 Å². The summed E-state index contributed by atoms with van der Waals surface area (Å²) in [6.45, 7) is 6.16. The lowest BCUT2D eigenvalue weighted by atomic mass is 9.72. The molecule has 78 valence electrons. The SMILES string of the molecule is CCC(C)C1CCC(C)(O)C(O)C1. The first-order chi connectivity index (χ1) is 5.97. The average molecular weight is 186 g/mol. The highest BCUT2D eigenvalue weighted by Gasteiger charge is 2.38. The summed E-state index contributed by atoms with van der Waals surface area (Å²) in [5.74, 6) is 1.27. The van der Waals surface area contributed by atoms with E-state index in [9.17, 15) is 10.2 Å². The molecule has 4 atom stereocenters. The van der Waals surface area contributed by atoms with E-state index >= 15 is 0 Å². The Bertz CT molecular complexity index is 165. The van der Waals surface area contributed by atoms with Gasteiger partial charge in [-0.25, -0.2) is 0 Å². The second kappa shape index (κ2) is 3.97. The van der Waals surface area contributed by atoms with Crippen molar-refractivity contribution in [2.24, 2.45) is 11.8 Å². The summed E-state index contributed by atoms with van der Waals surface area (Å²) in [4.78, 5) is 0. The molecule has 0 aromatic rings. The molecular weight excluding hydrogens is 164 g/mol. The lowest BCUT2D eigenvalue weighted by molar-refractivity contribution is -0.104. The first-order valence-corrected chi connectivity index (χ1v) is 5.37. The molecule has 0 bridgehead atoms. The molecule has 0 aliphatic heterocycles. The molecule has 1 aliphatic rings. The van der Waals surface area contributed by atoms with E-state index in [1.165, 1.54) is 6.42 Å². The predicted molar refractivity (Wildman–Crippen MR) is 53.4 cm³/mol. The van der Waals surface area contributed by atoms with Gasteiger partial charge in [-0.1, -0.05) is 20.3 Å². The molecule has 2 heteroatoms. The van der Waals surface area contributed by atoms with Crippen LogP contribution in [-0.2, 0) is 0 Å². The van der Waals surface area contributed by atoms with Crippen molar-refractivity contribution in [3.63, 3.8) is 0 Å². The third-order valence-electron chi connectivity index (χ3n) is 3.71. The number of aliphatic hydroxyl groups is 2. The van der Waals surface area contributed by atoms with Crippen LogP contribution in [0.3, 0.4) is 0 Å². The summed E-state index contributed by atoms with van der Waals surface area (Å²) in [6, 6.07) is 0. The van der Waals surface area contributed by atoms with Crippen molar-refractivity contribution in [3.05, 3.63) is 0 Å². The van der Waals surface area contributed by atoms with Crippen molar-refractivity contribution in [1.29, 1.82) is 0 Å². The molecule has 13 heavy (non-hydrogen) atoms. The maximum Gasteiger partial charge on any atom is 0.0877 e. The van der Waals surface area contributed by atoms with E-state index in [4.69, 9.17) is 0 Å². The van der Waals surface area contributed by atoms with E-state index in [1.54, 1.807) is 6.92 Å². The molecule has 1 saturated carbocycles. The lowest BCUT2D eigenvalue weighted by Crippen LogP contribution is -2.45. The Hall–Kier alpha value is -0.0800. The number of rotatable bonds is 2. The Labute approximate surface area is 81.0 Å². The van der Waals surface area contributed by atoms with Gasteiger partial charge in [0.25, 0.3) is 0 Å². The zero-order valence-corrected chi connectivity index (χ0v) is 8.95. The fourth-order valence-electron chi connectivity index (χ4n) is 2.15. The standard InChI is InChI=1S/C11H22O2/c1-4-8(2)9-5-6-11(3,13)10(12)7-9/h8-10,12-13H,4-7H2,1-3H3. The van der Waals surface area contributed by atoms with Crippen molar-refractivity contribution in [2.75, 3.05) is 0 Å². The zero-order chi connectivity index (χ0) is 10.1. The van der Waals surface area contributed by atoms with Crippen molar-refractivity contribution in [3.8, 4) is 0 Å². The topological polar surface area (TPSA) is 40.5 Å². The molecule has 0 radical (unpaired) electrons. The van der Waals surface area contributed by atoms with Gasteiger partial charge in [0, 0.05) is 0 Å². The third kappa shape index (κ3) is 2.44. The molecule has 0 heterocycles. The smallest absolute Gasteiger partial charge is 0.0877 e. The van der Waals surface area contributed by atoms with Gasteiger partial charge >= 0.3 is 0 Å². The van der Waals surface area contributed by atoms with Gasteiger partial charge in [0.2, 0.25) is 0 Å². The van der Waals surface area contributed by atoms with Gasteiger partial charge < -0.3 is 10.2 Å². The van der Waals surface area contributed by atoms with E-state index in [1.807, 2.05) is 0 Å². The van der Waals surface area contributed by atoms with E-state index in [2.05, 4.69) is 13.8 Å². The highest BCUT2D eigenvalue weighted by Crippen LogP contribution is 2.36. The Morgan fingerprint density at radius 2 is 2.15 bits per heavy atom. The van der Waals surface area contributed by atoms with Crippen LogP contribution in [0.2, 0.25) is 0 Å². The molecule has 0 amide bonds. The van der Waals surface area contributed by atoms with Gasteiger partial charge in [-0.2, -0.15) is 0 Å². The quantitative estimate of drug-likeness (QED) is 0.692. The summed E-state index contributed by atoms with van der Waals surface area (Å²) >= 11 is 0. The van der Waals surface area contributed by atoms with Crippen LogP contribution in [-0.4, -0.2) is 21.9 Å². The fourth-order valence-corrected chi connectivity index (χ4v) is 2.15. The van der Waals surface area contributed by atoms with E-state index in [-0.39, 0.29) is 0 Å². The molecule has 1 fully saturated rings. The molecular formula is C11H22O2. The number of hydrogen-bond donors (Lipinski definition) is 2. The van der Waals surface area contributed by atoms with Gasteiger partial charge in [0.1, 0.15) is 0 Å². The van der Waals surface area contributed by atoms with Crippen LogP contribution < -0.4 is 0 Å². The molecule has 0 aromatic carbocycles. The molecule has 2 N–H and O–H groups in total. The van der Waals surface area contributed by atoms with Crippen LogP contribution in [0.25, 0.3) is 0 Å². The van der Waals surface area contributed by atoms with Crippen molar-refractivity contribution < 1.29 is 10.2 Å². The second-order valence-corrected chi connectivity index (χ2v) is 4.79. The Balaban J connectivity index is 2.51. The Kier molecular flexibility index (Phi) is 3.36. The highest BCUT2D eigenvalue weighted by atomic mass is 16.3. The van der Waals surface area contributed by atoms with Gasteiger partial charge in [-0.05, 0) is 38.0 Å². The van der Waals surface area contributed by atoms with Crippen LogP contribution in [0.1, 0.15) is 46.5 Å². The van der Waals surface area contributed by atoms with Crippen LogP contribution in [0, 0.1) is 11.8 Å². The van der Waals surface area contributed by atoms with Crippen LogP contribution in [0.4, 0.5) is 0 Å². The minimum Gasteiger partial charge on any atom is -0.390 e. The third-order valence-corrected chi connectivity index (χ3v) is 3.71. The highest BCUT2D eigenvalue weighted by molar-refractivity contribution is 4.90. The molecule has 2 nitrogen and oxygen atoms in total. The van der Waals surface area contributed by atoms with Gasteiger partial charge in [0.15, 0.2) is 0 Å². The monoisotopic (exact) mass is 186 g/mol. The second-order valence-electron chi connectivity index (χ2n) is 4.79. The van der Waals surface area contributed by atoms with Crippen LogP contribution in [0.5, 0.6) is 0 Å². The first-order valence-electron chi connectivity index (χ1n) is 5.37. The fraction of sp³-hybridized carbons (Fsp3) is 1.00. The summed E-state index contributed by atoms with van der Waals surface area (Å²) < 4.78 is 0. The maximum absolute atomic E-state index is 9.77. The minimum absolute atomic E-state index is 0.528. The summed E-state index contributed by atoms with van der Waals surface area (Å²) in [5, 5.41) is 19.5. The van der Waals surface area contributed by atoms with Gasteiger partial charge in [0.05, 0.1) is 11.7 Å². The number of aliphatic hydroxyl groups excluding tert-OH is 1. The van der Waals surface area contributed by atoms with Crippen LogP contribution in [0.15, 0.2) is 0 Å². The first kappa shape index (κ1) is 11.0. The lowest BCUT2D eigenvalue weighted by Gasteiger charge is -2.39. The van der Waals surface area contributed by atoms with Gasteiger partial charge in [-0.3, -0.25) is 0 Å². The molecule has 1 aliphatic carbocycles. The molecule has 0 aromatic heterocycles. The summed E-state index contributed by atoms with van der Waals surface area (Å²) in [7, 11) is 0. The van der Waals surface area contributed by atoms with E-state index in [0.717, 1.165) is 19.3 Å². The number of hydrogen-bond acceptors (Lipinski definition) is 2. The Morgan fingerprint density at radius 3 is 2.62 bits per heavy atom. The van der Waals surface area contributed by atoms with Crippen LogP contribution >= 0.6 is 0 Å². The minimum atomic E-state index is -0.843. The Morgan fingerprint density at radius 1 is 1.54 bits per heavy atom. The molecule has 1 rings (SSSR count).